The number of hydrogen-bond donors (Lipinski definition) is 2. The van der Waals surface area contributed by atoms with Crippen LogP contribution in [-0.4, -0.2) is 35.4 Å². The Morgan fingerprint density at radius 2 is 1.95 bits per heavy atom. The minimum atomic E-state index is -0.693. The lowest BCUT2D eigenvalue weighted by atomic mass is 9.74. The van der Waals surface area contributed by atoms with Crippen molar-refractivity contribution in [3.63, 3.8) is 0 Å². The van der Waals surface area contributed by atoms with Gasteiger partial charge in [0.15, 0.2) is 0 Å². The normalized spacial score (nSPS) is 38.4. The Balaban J connectivity index is 1.61. The predicted octanol–water partition coefficient (Wildman–Crippen LogP) is 2.32. The van der Waals surface area contributed by atoms with Gasteiger partial charge in [-0.25, -0.2) is 0 Å². The lowest BCUT2D eigenvalue weighted by Gasteiger charge is -2.45. The number of carboxylic acids is 1. The molecule has 2 saturated heterocycles. The maximum atomic E-state index is 11.0. The van der Waals surface area contributed by atoms with Crippen molar-refractivity contribution in [2.75, 3.05) is 6.61 Å². The topological polar surface area (TPSA) is 58.6 Å². The van der Waals surface area contributed by atoms with Crippen molar-refractivity contribution in [3.05, 3.63) is 0 Å². The molecule has 4 nitrogen and oxygen atoms in total. The molecule has 3 aliphatic rings. The molecule has 0 radical (unpaired) electrons. The molecule has 4 heteroatoms. The standard InChI is InChI=1S/C15H25NO3/c17-14(18)13-5-4-12(16-13)11-6-9-19-15(10-11)7-2-1-3-8-15/h11-13,16H,1-10H2,(H,17,18). The highest BCUT2D eigenvalue weighted by molar-refractivity contribution is 5.73. The molecule has 0 aromatic heterocycles. The Kier molecular flexibility index (Phi) is 3.81. The summed E-state index contributed by atoms with van der Waals surface area (Å²) in [7, 11) is 0. The fourth-order valence-electron chi connectivity index (χ4n) is 4.29. The van der Waals surface area contributed by atoms with Crippen molar-refractivity contribution < 1.29 is 14.6 Å². The summed E-state index contributed by atoms with van der Waals surface area (Å²) in [6, 6.07) is 0.0685. The first-order valence-electron chi connectivity index (χ1n) is 7.81. The minimum Gasteiger partial charge on any atom is -0.480 e. The Hall–Kier alpha value is -0.610. The van der Waals surface area contributed by atoms with Gasteiger partial charge in [0.1, 0.15) is 6.04 Å². The van der Waals surface area contributed by atoms with Crippen LogP contribution in [0.1, 0.15) is 57.8 Å². The van der Waals surface area contributed by atoms with E-state index >= 15 is 0 Å². The summed E-state index contributed by atoms with van der Waals surface area (Å²) in [5.41, 5.74) is 0.129. The van der Waals surface area contributed by atoms with Gasteiger partial charge in [0.05, 0.1) is 5.60 Å². The van der Waals surface area contributed by atoms with Gasteiger partial charge in [-0.05, 0) is 44.4 Å². The lowest BCUT2D eigenvalue weighted by Crippen LogP contribution is -2.47. The Morgan fingerprint density at radius 1 is 1.16 bits per heavy atom. The van der Waals surface area contributed by atoms with Gasteiger partial charge in [-0.15, -0.1) is 0 Å². The van der Waals surface area contributed by atoms with Crippen LogP contribution >= 0.6 is 0 Å². The third-order valence-electron chi connectivity index (χ3n) is 5.34. The minimum absolute atomic E-state index is 0.129. The highest BCUT2D eigenvalue weighted by Crippen LogP contribution is 2.42. The van der Waals surface area contributed by atoms with Crippen molar-refractivity contribution in [1.82, 2.24) is 5.32 Å². The molecular formula is C15H25NO3. The highest BCUT2D eigenvalue weighted by Gasteiger charge is 2.43. The molecule has 0 bridgehead atoms. The van der Waals surface area contributed by atoms with E-state index in [0.29, 0.717) is 12.0 Å². The molecule has 2 N–H and O–H groups in total. The van der Waals surface area contributed by atoms with Crippen molar-refractivity contribution in [1.29, 1.82) is 0 Å². The van der Waals surface area contributed by atoms with Crippen LogP contribution in [-0.2, 0) is 9.53 Å². The quantitative estimate of drug-likeness (QED) is 0.806. The van der Waals surface area contributed by atoms with Crippen LogP contribution in [0, 0.1) is 5.92 Å². The highest BCUT2D eigenvalue weighted by atomic mass is 16.5. The first-order chi connectivity index (χ1) is 9.19. The van der Waals surface area contributed by atoms with E-state index in [1.54, 1.807) is 0 Å². The summed E-state index contributed by atoms with van der Waals surface area (Å²) in [4.78, 5) is 11.0. The van der Waals surface area contributed by atoms with Crippen molar-refractivity contribution in [2.24, 2.45) is 5.92 Å². The number of rotatable bonds is 2. The van der Waals surface area contributed by atoms with E-state index in [0.717, 1.165) is 32.3 Å². The van der Waals surface area contributed by atoms with Crippen LogP contribution in [0.15, 0.2) is 0 Å². The number of carbonyl (C=O) groups is 1. The van der Waals surface area contributed by atoms with E-state index in [4.69, 9.17) is 9.84 Å². The predicted molar refractivity (Wildman–Crippen MR) is 72.1 cm³/mol. The van der Waals surface area contributed by atoms with E-state index in [2.05, 4.69) is 5.32 Å². The molecule has 19 heavy (non-hydrogen) atoms. The molecule has 0 aromatic rings. The van der Waals surface area contributed by atoms with Crippen LogP contribution in [0.4, 0.5) is 0 Å². The van der Waals surface area contributed by atoms with Crippen LogP contribution < -0.4 is 5.32 Å². The summed E-state index contributed by atoms with van der Waals surface area (Å²) in [6.07, 6.45) is 10.4. The number of ether oxygens (including phenoxy) is 1. The van der Waals surface area contributed by atoms with Gasteiger partial charge in [-0.3, -0.25) is 4.79 Å². The van der Waals surface area contributed by atoms with Crippen LogP contribution in [0.5, 0.6) is 0 Å². The van der Waals surface area contributed by atoms with Crippen LogP contribution in [0.2, 0.25) is 0 Å². The van der Waals surface area contributed by atoms with Crippen LogP contribution in [0.3, 0.4) is 0 Å². The number of aliphatic carboxylic acids is 1. The molecule has 3 rings (SSSR count). The third kappa shape index (κ3) is 2.79. The smallest absolute Gasteiger partial charge is 0.320 e. The Labute approximate surface area is 114 Å². The van der Waals surface area contributed by atoms with Gasteiger partial charge >= 0.3 is 5.97 Å². The second-order valence-electron chi connectivity index (χ2n) is 6.59. The monoisotopic (exact) mass is 267 g/mol. The van der Waals surface area contributed by atoms with Gasteiger partial charge < -0.3 is 15.2 Å². The molecule has 1 spiro atoms. The molecule has 2 aliphatic heterocycles. The lowest BCUT2D eigenvalue weighted by molar-refractivity contribution is -0.139. The average molecular weight is 267 g/mol. The second kappa shape index (κ2) is 5.41. The van der Waals surface area contributed by atoms with E-state index < -0.39 is 5.97 Å². The molecular weight excluding hydrogens is 242 g/mol. The fraction of sp³-hybridized carbons (Fsp3) is 0.933. The van der Waals surface area contributed by atoms with Crippen molar-refractivity contribution in [3.8, 4) is 0 Å². The molecule has 3 atom stereocenters. The number of nitrogens with one attached hydrogen (secondary N) is 1. The molecule has 3 fully saturated rings. The van der Waals surface area contributed by atoms with E-state index in [1.807, 2.05) is 0 Å². The summed E-state index contributed by atoms with van der Waals surface area (Å²) < 4.78 is 6.13. The van der Waals surface area contributed by atoms with Gasteiger partial charge in [-0.2, -0.15) is 0 Å². The Morgan fingerprint density at radius 3 is 2.63 bits per heavy atom. The maximum Gasteiger partial charge on any atom is 0.320 e. The molecule has 2 heterocycles. The molecule has 3 unspecified atom stereocenters. The zero-order chi connectivity index (χ0) is 13.3. The van der Waals surface area contributed by atoms with Crippen LogP contribution in [0.25, 0.3) is 0 Å². The molecule has 108 valence electrons. The van der Waals surface area contributed by atoms with E-state index in [1.165, 1.54) is 32.1 Å². The number of carboxylic acid groups (broad SMARTS) is 1. The van der Waals surface area contributed by atoms with Gasteiger partial charge in [-0.1, -0.05) is 19.3 Å². The summed E-state index contributed by atoms with van der Waals surface area (Å²) >= 11 is 0. The largest absolute Gasteiger partial charge is 0.480 e. The molecule has 0 amide bonds. The van der Waals surface area contributed by atoms with E-state index in [-0.39, 0.29) is 11.6 Å². The summed E-state index contributed by atoms with van der Waals surface area (Å²) in [6.45, 7) is 0.862. The molecule has 1 saturated carbocycles. The van der Waals surface area contributed by atoms with Gasteiger partial charge in [0.2, 0.25) is 0 Å². The summed E-state index contributed by atoms with van der Waals surface area (Å²) in [5.74, 6) is -0.0851. The average Bonchev–Trinajstić information content (AvgIpc) is 2.89. The first-order valence-corrected chi connectivity index (χ1v) is 7.81. The first kappa shape index (κ1) is 13.4. The fourth-order valence-corrected chi connectivity index (χ4v) is 4.29. The molecule has 1 aliphatic carbocycles. The maximum absolute atomic E-state index is 11.0. The zero-order valence-electron chi connectivity index (χ0n) is 11.6. The third-order valence-corrected chi connectivity index (χ3v) is 5.34. The zero-order valence-corrected chi connectivity index (χ0v) is 11.6. The Bertz CT molecular complexity index is 333. The van der Waals surface area contributed by atoms with E-state index in [9.17, 15) is 4.79 Å². The second-order valence-corrected chi connectivity index (χ2v) is 6.59. The SMILES string of the molecule is O=C(O)C1CCC(C2CCOC3(CCCCC3)C2)N1. The van der Waals surface area contributed by atoms with Crippen molar-refractivity contribution >= 4 is 5.97 Å². The summed E-state index contributed by atoms with van der Waals surface area (Å²) in [5, 5.41) is 12.4. The van der Waals surface area contributed by atoms with Crippen molar-refractivity contribution in [2.45, 2.75) is 75.5 Å². The van der Waals surface area contributed by atoms with Gasteiger partial charge in [0.25, 0.3) is 0 Å². The molecule has 0 aromatic carbocycles. The van der Waals surface area contributed by atoms with Gasteiger partial charge in [0, 0.05) is 12.6 Å². The number of hydrogen-bond acceptors (Lipinski definition) is 3.